The summed E-state index contributed by atoms with van der Waals surface area (Å²) in [6.45, 7) is 3.72. The number of methoxy groups -OCH3 is 2. The zero-order chi connectivity index (χ0) is 20.5. The highest BCUT2D eigenvalue weighted by Crippen LogP contribution is 2.25. The van der Waals surface area contributed by atoms with Crippen molar-refractivity contribution in [1.82, 2.24) is 15.5 Å². The monoisotopic (exact) mass is 413 g/mol. The molecule has 0 aliphatic carbocycles. The molecule has 0 spiro atoms. The van der Waals surface area contributed by atoms with Crippen LogP contribution in [0.3, 0.4) is 0 Å². The van der Waals surface area contributed by atoms with Gasteiger partial charge in [0.1, 0.15) is 11.5 Å². The molecule has 29 heavy (non-hydrogen) atoms. The van der Waals surface area contributed by atoms with Crippen LogP contribution in [0.1, 0.15) is 36.4 Å². The van der Waals surface area contributed by atoms with E-state index in [9.17, 15) is 0 Å². The summed E-state index contributed by atoms with van der Waals surface area (Å²) in [6.07, 6.45) is 3.83. The summed E-state index contributed by atoms with van der Waals surface area (Å²) in [6, 6.07) is 16.7. The number of likely N-dealkylation sites (tertiary alicyclic amines) is 1. The lowest BCUT2D eigenvalue weighted by Crippen LogP contribution is -2.43. The molecule has 2 N–H and O–H groups in total. The number of nitrogens with one attached hydrogen (secondary N) is 2. The van der Waals surface area contributed by atoms with Crippen LogP contribution in [-0.2, 0) is 6.54 Å². The minimum atomic E-state index is 0.293. The molecule has 1 saturated heterocycles. The molecule has 1 aliphatic heterocycles. The van der Waals surface area contributed by atoms with Gasteiger partial charge in [0, 0.05) is 13.1 Å². The van der Waals surface area contributed by atoms with Crippen molar-refractivity contribution in [2.24, 2.45) is 0 Å². The van der Waals surface area contributed by atoms with Crippen molar-refractivity contribution in [3.8, 4) is 11.5 Å². The average molecular weight is 414 g/mol. The largest absolute Gasteiger partial charge is 0.497 e. The third-order valence-corrected chi connectivity index (χ3v) is 5.69. The van der Waals surface area contributed by atoms with Crippen molar-refractivity contribution in [3.63, 3.8) is 0 Å². The van der Waals surface area contributed by atoms with Crippen LogP contribution in [-0.4, -0.2) is 43.9 Å². The van der Waals surface area contributed by atoms with E-state index in [0.717, 1.165) is 36.7 Å². The van der Waals surface area contributed by atoms with Crippen LogP contribution in [0.2, 0.25) is 0 Å². The van der Waals surface area contributed by atoms with Crippen LogP contribution < -0.4 is 20.1 Å². The Balaban J connectivity index is 1.56. The molecular formula is C23H31N3O2S. The van der Waals surface area contributed by atoms with Crippen molar-refractivity contribution in [3.05, 3.63) is 59.7 Å². The number of piperidine rings is 1. The van der Waals surface area contributed by atoms with E-state index in [-0.39, 0.29) is 0 Å². The Morgan fingerprint density at radius 2 is 1.48 bits per heavy atom. The summed E-state index contributed by atoms with van der Waals surface area (Å²) < 4.78 is 10.5. The molecule has 1 atom stereocenters. The smallest absolute Gasteiger partial charge is 0.166 e. The second kappa shape index (κ2) is 11.0. The highest BCUT2D eigenvalue weighted by molar-refractivity contribution is 7.80. The van der Waals surface area contributed by atoms with Crippen LogP contribution in [0, 0.1) is 0 Å². The van der Waals surface area contributed by atoms with Gasteiger partial charge in [-0.3, -0.25) is 4.90 Å². The third-order valence-electron chi connectivity index (χ3n) is 5.40. The molecule has 3 rings (SSSR count). The number of nitrogens with zero attached hydrogens (tertiary/aromatic N) is 1. The first-order valence-corrected chi connectivity index (χ1v) is 10.6. The fourth-order valence-corrected chi connectivity index (χ4v) is 3.85. The maximum Gasteiger partial charge on any atom is 0.166 e. The highest BCUT2D eigenvalue weighted by atomic mass is 32.1. The van der Waals surface area contributed by atoms with E-state index < -0.39 is 0 Å². The van der Waals surface area contributed by atoms with Crippen LogP contribution in [0.15, 0.2) is 48.5 Å². The van der Waals surface area contributed by atoms with Gasteiger partial charge in [0.15, 0.2) is 5.11 Å². The molecule has 0 saturated carbocycles. The summed E-state index contributed by atoms with van der Waals surface area (Å²) in [4.78, 5) is 2.56. The number of rotatable bonds is 8. The summed E-state index contributed by atoms with van der Waals surface area (Å²) in [5.41, 5.74) is 2.45. The second-order valence-electron chi connectivity index (χ2n) is 7.30. The topological polar surface area (TPSA) is 45.8 Å². The maximum atomic E-state index is 5.53. The molecule has 0 amide bonds. The molecule has 2 aromatic rings. The molecule has 1 aliphatic rings. The standard InChI is InChI=1S/C23H31N3O2S/c1-27-20-10-6-18(7-11-20)16-24-23(29)25-17-22(26-14-4-3-5-15-26)19-8-12-21(28-2)13-9-19/h6-13,22H,3-5,14-17H2,1-2H3,(H2,24,25,29)/t22-/m0/s1. The Kier molecular flexibility index (Phi) is 8.14. The van der Waals surface area contributed by atoms with Crippen molar-refractivity contribution in [2.75, 3.05) is 33.9 Å². The predicted molar refractivity (Wildman–Crippen MR) is 122 cm³/mol. The van der Waals surface area contributed by atoms with E-state index >= 15 is 0 Å². The van der Waals surface area contributed by atoms with Gasteiger partial charge in [-0.05, 0) is 73.5 Å². The third kappa shape index (κ3) is 6.34. The zero-order valence-electron chi connectivity index (χ0n) is 17.3. The summed E-state index contributed by atoms with van der Waals surface area (Å²) in [5.74, 6) is 1.74. The Morgan fingerprint density at radius 3 is 2.07 bits per heavy atom. The lowest BCUT2D eigenvalue weighted by Gasteiger charge is -2.35. The summed E-state index contributed by atoms with van der Waals surface area (Å²) in [7, 11) is 3.37. The van der Waals surface area contributed by atoms with Gasteiger partial charge in [-0.1, -0.05) is 30.7 Å². The number of thiocarbonyl (C=S) groups is 1. The van der Waals surface area contributed by atoms with Gasteiger partial charge in [0.25, 0.3) is 0 Å². The first kappa shape index (κ1) is 21.4. The van der Waals surface area contributed by atoms with E-state index in [4.69, 9.17) is 21.7 Å². The van der Waals surface area contributed by atoms with Crippen molar-refractivity contribution in [2.45, 2.75) is 31.8 Å². The molecule has 0 bridgehead atoms. The van der Waals surface area contributed by atoms with Gasteiger partial charge >= 0.3 is 0 Å². The van der Waals surface area contributed by atoms with Crippen molar-refractivity contribution >= 4 is 17.3 Å². The van der Waals surface area contributed by atoms with Crippen LogP contribution in [0.5, 0.6) is 11.5 Å². The molecular weight excluding hydrogens is 382 g/mol. The predicted octanol–water partition coefficient (Wildman–Crippen LogP) is 3.90. The normalized spacial score (nSPS) is 15.4. The molecule has 1 heterocycles. The average Bonchev–Trinajstić information content (AvgIpc) is 2.79. The fourth-order valence-electron chi connectivity index (χ4n) is 3.69. The van der Waals surface area contributed by atoms with Crippen LogP contribution in [0.4, 0.5) is 0 Å². The summed E-state index contributed by atoms with van der Waals surface area (Å²) in [5, 5.41) is 7.41. The van der Waals surface area contributed by atoms with Crippen LogP contribution in [0.25, 0.3) is 0 Å². The minimum absolute atomic E-state index is 0.293. The van der Waals surface area contributed by atoms with Gasteiger partial charge in [-0.2, -0.15) is 0 Å². The zero-order valence-corrected chi connectivity index (χ0v) is 18.1. The van der Waals surface area contributed by atoms with Gasteiger partial charge in [-0.15, -0.1) is 0 Å². The molecule has 156 valence electrons. The molecule has 0 radical (unpaired) electrons. The minimum Gasteiger partial charge on any atom is -0.497 e. The molecule has 6 heteroatoms. The van der Waals surface area contributed by atoms with E-state index in [1.807, 2.05) is 36.4 Å². The molecule has 2 aromatic carbocycles. The number of ether oxygens (including phenoxy) is 2. The first-order valence-electron chi connectivity index (χ1n) is 10.2. The van der Waals surface area contributed by atoms with E-state index in [0.29, 0.717) is 17.7 Å². The quantitative estimate of drug-likeness (QED) is 0.640. The Hall–Kier alpha value is -2.31. The van der Waals surface area contributed by atoms with Crippen molar-refractivity contribution in [1.29, 1.82) is 0 Å². The number of hydrogen-bond acceptors (Lipinski definition) is 4. The Labute approximate surface area is 179 Å². The Morgan fingerprint density at radius 1 is 0.897 bits per heavy atom. The SMILES string of the molecule is COc1ccc(CNC(=S)NC[C@@H](c2ccc(OC)cc2)N2CCCCC2)cc1. The highest BCUT2D eigenvalue weighted by Gasteiger charge is 2.22. The first-order chi connectivity index (χ1) is 14.2. The molecule has 1 fully saturated rings. The second-order valence-corrected chi connectivity index (χ2v) is 7.71. The van der Waals surface area contributed by atoms with Gasteiger partial charge in [0.2, 0.25) is 0 Å². The van der Waals surface area contributed by atoms with Gasteiger partial charge < -0.3 is 20.1 Å². The summed E-state index contributed by atoms with van der Waals surface area (Å²) >= 11 is 5.53. The van der Waals surface area contributed by atoms with Gasteiger partial charge in [-0.25, -0.2) is 0 Å². The fraction of sp³-hybridized carbons (Fsp3) is 0.435. The maximum absolute atomic E-state index is 5.53. The lowest BCUT2D eigenvalue weighted by molar-refractivity contribution is 0.164. The molecule has 0 unspecified atom stereocenters. The van der Waals surface area contributed by atoms with Crippen LogP contribution >= 0.6 is 12.2 Å². The van der Waals surface area contributed by atoms with E-state index in [2.05, 4.69) is 27.7 Å². The molecule has 5 nitrogen and oxygen atoms in total. The number of benzene rings is 2. The Bertz CT molecular complexity index is 759. The molecule has 0 aromatic heterocycles. The van der Waals surface area contributed by atoms with Gasteiger partial charge in [0.05, 0.1) is 20.3 Å². The van der Waals surface area contributed by atoms with E-state index in [1.54, 1.807) is 14.2 Å². The lowest BCUT2D eigenvalue weighted by atomic mass is 10.0. The number of hydrogen-bond donors (Lipinski definition) is 2. The van der Waals surface area contributed by atoms with E-state index in [1.165, 1.54) is 24.8 Å². The van der Waals surface area contributed by atoms with Crippen molar-refractivity contribution < 1.29 is 9.47 Å².